The molecule has 0 radical (unpaired) electrons. The van der Waals surface area contributed by atoms with Crippen molar-refractivity contribution in [3.05, 3.63) is 0 Å². The lowest BCUT2D eigenvalue weighted by Gasteiger charge is -2.36. The molecule has 1 N–H and O–H groups in total. The van der Waals surface area contributed by atoms with Crippen LogP contribution in [0.3, 0.4) is 0 Å². The van der Waals surface area contributed by atoms with Crippen LogP contribution in [0.2, 0.25) is 0 Å². The van der Waals surface area contributed by atoms with Crippen LogP contribution in [0, 0.1) is 5.41 Å². The number of rotatable bonds is 5. The van der Waals surface area contributed by atoms with Crippen LogP contribution in [-0.2, 0) is 14.3 Å². The molecule has 2 fully saturated rings. The van der Waals surface area contributed by atoms with Crippen molar-refractivity contribution >= 4 is 11.9 Å². The summed E-state index contributed by atoms with van der Waals surface area (Å²) in [5.74, 6) is -0.677. The number of carbonyl (C=O) groups is 2. The van der Waals surface area contributed by atoms with E-state index in [1.807, 2.05) is 4.90 Å². The van der Waals surface area contributed by atoms with E-state index in [0.717, 1.165) is 45.1 Å². The smallest absolute Gasteiger partial charge is 0.303 e. The Bertz CT molecular complexity index is 363. The summed E-state index contributed by atoms with van der Waals surface area (Å²) >= 11 is 0. The number of hydrogen-bond acceptors (Lipinski definition) is 3. The first-order valence-corrected chi connectivity index (χ1v) is 7.57. The first-order chi connectivity index (χ1) is 9.54. The molecule has 1 saturated carbocycles. The van der Waals surface area contributed by atoms with Crippen LogP contribution < -0.4 is 0 Å². The van der Waals surface area contributed by atoms with E-state index in [4.69, 9.17) is 9.84 Å². The Morgan fingerprint density at radius 2 is 1.95 bits per heavy atom. The molecule has 1 heterocycles. The van der Waals surface area contributed by atoms with Crippen LogP contribution in [0.5, 0.6) is 0 Å². The van der Waals surface area contributed by atoms with Gasteiger partial charge in [0.05, 0.1) is 12.5 Å². The van der Waals surface area contributed by atoms with Gasteiger partial charge in [0.25, 0.3) is 0 Å². The summed E-state index contributed by atoms with van der Waals surface area (Å²) in [7, 11) is 1.67. The molecule has 2 rings (SSSR count). The largest absolute Gasteiger partial charge is 0.481 e. The van der Waals surface area contributed by atoms with Crippen molar-refractivity contribution in [2.24, 2.45) is 5.41 Å². The van der Waals surface area contributed by atoms with Crippen molar-refractivity contribution < 1.29 is 19.4 Å². The van der Waals surface area contributed by atoms with Gasteiger partial charge in [-0.2, -0.15) is 0 Å². The van der Waals surface area contributed by atoms with E-state index in [0.29, 0.717) is 13.0 Å². The lowest BCUT2D eigenvalue weighted by Crippen LogP contribution is -2.37. The van der Waals surface area contributed by atoms with Crippen LogP contribution >= 0.6 is 0 Å². The molecule has 0 aromatic carbocycles. The van der Waals surface area contributed by atoms with Gasteiger partial charge < -0.3 is 14.7 Å². The molecule has 5 heteroatoms. The van der Waals surface area contributed by atoms with Crippen molar-refractivity contribution in [3.63, 3.8) is 0 Å². The molecule has 0 aromatic rings. The van der Waals surface area contributed by atoms with Gasteiger partial charge in [0.2, 0.25) is 5.91 Å². The molecule has 114 valence electrons. The lowest BCUT2D eigenvalue weighted by molar-refractivity contribution is -0.142. The zero-order chi connectivity index (χ0) is 14.6. The molecule has 5 nitrogen and oxygen atoms in total. The van der Waals surface area contributed by atoms with Crippen molar-refractivity contribution in [3.8, 4) is 0 Å². The molecule has 0 aromatic heterocycles. The SMILES string of the molecule is COC1CCN(C(=O)CC2(CC(=O)O)CCCCC2)C1. The fourth-order valence-corrected chi connectivity index (χ4v) is 3.62. The van der Waals surface area contributed by atoms with E-state index in [1.54, 1.807) is 7.11 Å². The Balaban J connectivity index is 1.96. The highest BCUT2D eigenvalue weighted by Crippen LogP contribution is 2.42. The zero-order valence-corrected chi connectivity index (χ0v) is 12.3. The topological polar surface area (TPSA) is 66.8 Å². The maximum absolute atomic E-state index is 12.4. The van der Waals surface area contributed by atoms with Crippen LogP contribution in [0.4, 0.5) is 0 Å². The van der Waals surface area contributed by atoms with Crippen LogP contribution in [0.1, 0.15) is 51.4 Å². The van der Waals surface area contributed by atoms with Gasteiger partial charge in [-0.3, -0.25) is 9.59 Å². The number of likely N-dealkylation sites (tertiary alicyclic amines) is 1. The Hall–Kier alpha value is -1.10. The average Bonchev–Trinajstić information content (AvgIpc) is 2.87. The minimum atomic E-state index is -0.782. The van der Waals surface area contributed by atoms with Crippen molar-refractivity contribution in [1.29, 1.82) is 0 Å². The molecule has 1 amide bonds. The summed E-state index contributed by atoms with van der Waals surface area (Å²) < 4.78 is 5.28. The number of carboxylic acid groups (broad SMARTS) is 1. The predicted octanol–water partition coefficient (Wildman–Crippen LogP) is 2.05. The number of ether oxygens (including phenoxy) is 1. The number of hydrogen-bond donors (Lipinski definition) is 1. The second kappa shape index (κ2) is 6.57. The van der Waals surface area contributed by atoms with Gasteiger partial charge in [-0.05, 0) is 24.7 Å². The number of methoxy groups -OCH3 is 1. The summed E-state index contributed by atoms with van der Waals surface area (Å²) in [6.07, 6.45) is 6.51. The minimum absolute atomic E-state index is 0.104. The molecule has 20 heavy (non-hydrogen) atoms. The number of carbonyl (C=O) groups excluding carboxylic acids is 1. The van der Waals surface area contributed by atoms with Crippen molar-refractivity contribution in [2.45, 2.75) is 57.5 Å². The normalized spacial score (nSPS) is 25.6. The standard InChI is InChI=1S/C15H25NO4/c1-20-12-5-8-16(11-12)13(17)9-15(10-14(18)19)6-3-2-4-7-15/h12H,2-11H2,1H3,(H,18,19). The Kier molecular flexibility index (Phi) is 5.02. The monoisotopic (exact) mass is 283 g/mol. The number of aliphatic carboxylic acids is 1. The van der Waals surface area contributed by atoms with Gasteiger partial charge in [-0.15, -0.1) is 0 Å². The van der Waals surface area contributed by atoms with Gasteiger partial charge in [0.1, 0.15) is 0 Å². The van der Waals surface area contributed by atoms with Gasteiger partial charge >= 0.3 is 5.97 Å². The fraction of sp³-hybridized carbons (Fsp3) is 0.867. The summed E-state index contributed by atoms with van der Waals surface area (Å²) in [5.41, 5.74) is -0.313. The third kappa shape index (κ3) is 3.72. The molecule has 2 aliphatic rings. The number of nitrogens with zero attached hydrogens (tertiary/aromatic N) is 1. The van der Waals surface area contributed by atoms with Crippen LogP contribution in [-0.4, -0.2) is 48.2 Å². The van der Waals surface area contributed by atoms with Crippen LogP contribution in [0.15, 0.2) is 0 Å². The molecule has 1 atom stereocenters. The lowest BCUT2D eigenvalue weighted by atomic mass is 9.69. The summed E-state index contributed by atoms with van der Waals surface area (Å²) in [5, 5.41) is 9.14. The Morgan fingerprint density at radius 3 is 2.50 bits per heavy atom. The minimum Gasteiger partial charge on any atom is -0.481 e. The number of carboxylic acids is 1. The molecular formula is C15H25NO4. The first kappa shape index (κ1) is 15.3. The van der Waals surface area contributed by atoms with Gasteiger partial charge in [0.15, 0.2) is 0 Å². The number of amides is 1. The third-order valence-electron chi connectivity index (χ3n) is 4.80. The zero-order valence-electron chi connectivity index (χ0n) is 12.3. The molecule has 0 spiro atoms. The van der Waals surface area contributed by atoms with E-state index < -0.39 is 5.97 Å². The van der Waals surface area contributed by atoms with Crippen molar-refractivity contribution in [1.82, 2.24) is 4.90 Å². The summed E-state index contributed by atoms with van der Waals surface area (Å²) in [6.45, 7) is 1.39. The Morgan fingerprint density at radius 1 is 1.25 bits per heavy atom. The van der Waals surface area contributed by atoms with Gasteiger partial charge in [-0.25, -0.2) is 0 Å². The van der Waals surface area contributed by atoms with Gasteiger partial charge in [-0.1, -0.05) is 19.3 Å². The second-order valence-electron chi connectivity index (χ2n) is 6.29. The molecule has 1 aliphatic heterocycles. The van der Waals surface area contributed by atoms with E-state index in [-0.39, 0.29) is 23.8 Å². The highest BCUT2D eigenvalue weighted by molar-refractivity contribution is 5.78. The maximum atomic E-state index is 12.4. The molecular weight excluding hydrogens is 258 g/mol. The second-order valence-corrected chi connectivity index (χ2v) is 6.29. The average molecular weight is 283 g/mol. The first-order valence-electron chi connectivity index (χ1n) is 7.57. The van der Waals surface area contributed by atoms with E-state index >= 15 is 0 Å². The maximum Gasteiger partial charge on any atom is 0.303 e. The van der Waals surface area contributed by atoms with Gasteiger partial charge in [0, 0.05) is 26.6 Å². The molecule has 0 bridgehead atoms. The quantitative estimate of drug-likeness (QED) is 0.838. The third-order valence-corrected chi connectivity index (χ3v) is 4.80. The van der Waals surface area contributed by atoms with E-state index in [2.05, 4.69) is 0 Å². The molecule has 1 saturated heterocycles. The molecule has 1 unspecified atom stereocenters. The fourth-order valence-electron chi connectivity index (χ4n) is 3.62. The molecule has 1 aliphatic carbocycles. The van der Waals surface area contributed by atoms with Crippen molar-refractivity contribution in [2.75, 3.05) is 20.2 Å². The summed E-state index contributed by atoms with van der Waals surface area (Å²) in [4.78, 5) is 25.4. The van der Waals surface area contributed by atoms with Crippen LogP contribution in [0.25, 0.3) is 0 Å². The predicted molar refractivity (Wildman–Crippen MR) is 74.4 cm³/mol. The van der Waals surface area contributed by atoms with E-state index in [1.165, 1.54) is 0 Å². The van der Waals surface area contributed by atoms with E-state index in [9.17, 15) is 9.59 Å². The Labute approximate surface area is 120 Å². The summed E-state index contributed by atoms with van der Waals surface area (Å²) in [6, 6.07) is 0. The highest BCUT2D eigenvalue weighted by atomic mass is 16.5. The highest BCUT2D eigenvalue weighted by Gasteiger charge is 2.38.